The minimum absolute atomic E-state index is 0.241. The standard InChI is InChI=1S/C12H18O.C12H20.C11H18O/c1-2-13-12-6-8-3-9(7-12)5-10(4-8)11(1)12;1-8-10-3-9-4-11(8)7-12(2,5-9)6-10;1-7-10-3-8-2-9(4-10)6-11(7,12)5-8/h8-11H,1-7H2;8-11H,3-7H2,1-2H3;7-10,12H,2-6H2,1H3. The largest absolute Gasteiger partial charge is 0.390 e. The van der Waals surface area contributed by atoms with Crippen molar-refractivity contribution < 1.29 is 9.84 Å². The summed E-state index contributed by atoms with van der Waals surface area (Å²) in [7, 11) is 0. The molecule has 12 saturated carbocycles. The zero-order valence-corrected chi connectivity index (χ0v) is 24.3. The zero-order valence-electron chi connectivity index (χ0n) is 24.3. The van der Waals surface area contributed by atoms with Crippen molar-refractivity contribution in [1.29, 1.82) is 0 Å². The highest BCUT2D eigenvalue weighted by Crippen LogP contribution is 2.63. The first kappa shape index (κ1) is 24.7. The van der Waals surface area contributed by atoms with Gasteiger partial charge in [-0.15, -0.1) is 0 Å². The van der Waals surface area contributed by atoms with E-state index in [4.69, 9.17) is 4.74 Å². The van der Waals surface area contributed by atoms with Gasteiger partial charge in [0.15, 0.2) is 0 Å². The SMILES string of the molecule is C1CC2C3CC4CC(C3)CC2(C4)O1.CC1C2CC3CC(C2)CC1(O)C3.CC1C2CC3CC1CC(C)(C3)C2. The van der Waals surface area contributed by atoms with Gasteiger partial charge in [0.25, 0.3) is 0 Å². The van der Waals surface area contributed by atoms with E-state index in [0.29, 0.717) is 11.5 Å². The van der Waals surface area contributed by atoms with Crippen molar-refractivity contribution in [1.82, 2.24) is 0 Å². The second kappa shape index (κ2) is 8.47. The topological polar surface area (TPSA) is 29.5 Å². The van der Waals surface area contributed by atoms with Crippen LogP contribution in [0.15, 0.2) is 0 Å². The molecule has 13 aliphatic rings. The molecular weight excluding hydrogens is 452 g/mol. The Bertz CT molecular complexity index is 846. The molecular formula is C35H56O2. The number of aliphatic hydroxyl groups is 1. The molecule has 8 unspecified atom stereocenters. The molecule has 1 aliphatic heterocycles. The van der Waals surface area contributed by atoms with Gasteiger partial charge in [0.05, 0.1) is 11.2 Å². The molecule has 2 nitrogen and oxygen atoms in total. The minimum atomic E-state index is -0.241. The van der Waals surface area contributed by atoms with Gasteiger partial charge in [0.2, 0.25) is 0 Å². The van der Waals surface area contributed by atoms with Gasteiger partial charge in [-0.3, -0.25) is 0 Å². The van der Waals surface area contributed by atoms with Gasteiger partial charge in [-0.25, -0.2) is 0 Å². The first-order valence-electron chi connectivity index (χ1n) is 17.1. The van der Waals surface area contributed by atoms with Crippen LogP contribution in [0.5, 0.6) is 0 Å². The molecule has 1 spiro atoms. The number of hydrogen-bond donors (Lipinski definition) is 1. The molecule has 0 amide bonds. The molecule has 13 fully saturated rings. The maximum atomic E-state index is 10.4. The summed E-state index contributed by atoms with van der Waals surface area (Å²) in [6, 6.07) is 0. The third kappa shape index (κ3) is 3.98. The lowest BCUT2D eigenvalue weighted by atomic mass is 9.47. The average Bonchev–Trinajstić information content (AvgIpc) is 3.23. The molecule has 208 valence electrons. The number of ether oxygens (including phenoxy) is 1. The summed E-state index contributed by atoms with van der Waals surface area (Å²) in [5.41, 5.74) is 0.951. The fourth-order valence-electron chi connectivity index (χ4n) is 14.1. The van der Waals surface area contributed by atoms with Crippen LogP contribution in [0.2, 0.25) is 0 Å². The molecule has 2 heteroatoms. The van der Waals surface area contributed by atoms with Crippen LogP contribution in [0.1, 0.15) is 124 Å². The summed E-state index contributed by atoms with van der Waals surface area (Å²) in [5.74, 6) is 11.8. The number of hydrogen-bond acceptors (Lipinski definition) is 2. The van der Waals surface area contributed by atoms with Gasteiger partial charge in [-0.2, -0.15) is 0 Å². The predicted octanol–water partition coefficient (Wildman–Crippen LogP) is 8.26. The van der Waals surface area contributed by atoms with Crippen molar-refractivity contribution >= 4 is 0 Å². The Hall–Kier alpha value is -0.0800. The van der Waals surface area contributed by atoms with E-state index in [0.717, 1.165) is 90.0 Å². The van der Waals surface area contributed by atoms with E-state index in [9.17, 15) is 5.11 Å². The van der Waals surface area contributed by atoms with Gasteiger partial charge < -0.3 is 9.84 Å². The Labute approximate surface area is 227 Å². The third-order valence-corrected chi connectivity index (χ3v) is 15.1. The van der Waals surface area contributed by atoms with Crippen LogP contribution in [0.25, 0.3) is 0 Å². The third-order valence-electron chi connectivity index (χ3n) is 15.1. The summed E-state index contributed by atoms with van der Waals surface area (Å²) in [5, 5.41) is 10.4. The van der Waals surface area contributed by atoms with Crippen molar-refractivity contribution in [3.8, 4) is 0 Å². The van der Waals surface area contributed by atoms with Crippen LogP contribution in [0, 0.1) is 76.4 Å². The normalized spacial score (nSPS) is 62.6. The maximum absolute atomic E-state index is 10.4. The first-order chi connectivity index (χ1) is 17.7. The average molecular weight is 509 g/mol. The molecule has 8 atom stereocenters. The van der Waals surface area contributed by atoms with Gasteiger partial charge in [-0.1, -0.05) is 20.8 Å². The fraction of sp³-hybridized carbons (Fsp3) is 1.00. The molecule has 1 heterocycles. The lowest BCUT2D eigenvalue weighted by Crippen LogP contribution is -2.56. The summed E-state index contributed by atoms with van der Waals surface area (Å²) in [4.78, 5) is 0. The molecule has 37 heavy (non-hydrogen) atoms. The van der Waals surface area contributed by atoms with E-state index in [2.05, 4.69) is 20.8 Å². The lowest BCUT2D eigenvalue weighted by molar-refractivity contribution is -0.165. The van der Waals surface area contributed by atoms with Crippen molar-refractivity contribution in [3.05, 3.63) is 0 Å². The van der Waals surface area contributed by atoms with E-state index in [-0.39, 0.29) is 5.60 Å². The predicted molar refractivity (Wildman–Crippen MR) is 149 cm³/mol. The lowest BCUT2D eigenvalue weighted by Gasteiger charge is -2.58. The molecule has 12 bridgehead atoms. The Balaban J connectivity index is 0.0000000873. The summed E-state index contributed by atoms with van der Waals surface area (Å²) in [6.45, 7) is 8.39. The molecule has 1 saturated heterocycles. The molecule has 0 aromatic carbocycles. The Morgan fingerprint density at radius 1 is 0.595 bits per heavy atom. The molecule has 13 rings (SSSR count). The molecule has 0 radical (unpaired) electrons. The molecule has 12 aliphatic carbocycles. The number of rotatable bonds is 0. The maximum Gasteiger partial charge on any atom is 0.0719 e. The van der Waals surface area contributed by atoms with E-state index in [1.54, 1.807) is 44.9 Å². The van der Waals surface area contributed by atoms with Gasteiger partial charge in [0.1, 0.15) is 0 Å². The Morgan fingerprint density at radius 3 is 1.68 bits per heavy atom. The summed E-state index contributed by atoms with van der Waals surface area (Å²) >= 11 is 0. The van der Waals surface area contributed by atoms with E-state index >= 15 is 0 Å². The Kier molecular flexibility index (Phi) is 5.65. The van der Waals surface area contributed by atoms with Crippen LogP contribution in [0.3, 0.4) is 0 Å². The molecule has 1 N–H and O–H groups in total. The highest BCUT2D eigenvalue weighted by atomic mass is 16.5. The smallest absolute Gasteiger partial charge is 0.0719 e. The van der Waals surface area contributed by atoms with Gasteiger partial charge >= 0.3 is 0 Å². The second-order valence-corrected chi connectivity index (χ2v) is 17.6. The van der Waals surface area contributed by atoms with Gasteiger partial charge in [0, 0.05) is 6.61 Å². The summed E-state index contributed by atoms with van der Waals surface area (Å²) in [6.07, 6.45) is 23.2. The first-order valence-corrected chi connectivity index (χ1v) is 17.1. The van der Waals surface area contributed by atoms with Crippen LogP contribution >= 0.6 is 0 Å². The quantitative estimate of drug-likeness (QED) is 0.357. The van der Waals surface area contributed by atoms with Crippen LogP contribution in [-0.4, -0.2) is 22.9 Å². The van der Waals surface area contributed by atoms with Crippen molar-refractivity contribution in [2.24, 2.45) is 76.4 Å². The highest BCUT2D eigenvalue weighted by molar-refractivity contribution is 5.10. The fourth-order valence-corrected chi connectivity index (χ4v) is 14.1. The van der Waals surface area contributed by atoms with Crippen molar-refractivity contribution in [3.63, 3.8) is 0 Å². The van der Waals surface area contributed by atoms with Crippen molar-refractivity contribution in [2.75, 3.05) is 6.61 Å². The van der Waals surface area contributed by atoms with E-state index in [1.807, 2.05) is 0 Å². The minimum Gasteiger partial charge on any atom is -0.390 e. The molecule has 0 aromatic rings. The van der Waals surface area contributed by atoms with Gasteiger partial charge in [-0.05, 0) is 179 Å². The van der Waals surface area contributed by atoms with Crippen LogP contribution in [0.4, 0.5) is 0 Å². The van der Waals surface area contributed by atoms with Crippen LogP contribution in [-0.2, 0) is 4.74 Å². The van der Waals surface area contributed by atoms with Crippen molar-refractivity contribution in [2.45, 2.75) is 135 Å². The summed E-state index contributed by atoms with van der Waals surface area (Å²) < 4.78 is 6.12. The van der Waals surface area contributed by atoms with E-state index in [1.165, 1.54) is 44.9 Å². The monoisotopic (exact) mass is 508 g/mol. The zero-order chi connectivity index (χ0) is 25.2. The van der Waals surface area contributed by atoms with Crippen LogP contribution < -0.4 is 0 Å². The highest BCUT2D eigenvalue weighted by Gasteiger charge is 2.60. The second-order valence-electron chi connectivity index (χ2n) is 17.6. The molecule has 0 aromatic heterocycles. The Morgan fingerprint density at radius 2 is 1.11 bits per heavy atom. The van der Waals surface area contributed by atoms with E-state index < -0.39 is 0 Å².